The van der Waals surface area contributed by atoms with Crippen LogP contribution in [0.3, 0.4) is 0 Å². The number of rotatable bonds is 50. The number of hydrogen-bond donors (Lipinski definition) is 7. The fourth-order valence-corrected chi connectivity index (χ4v) is 9.99. The van der Waals surface area contributed by atoms with Gasteiger partial charge in [-0.1, -0.05) is 245 Å². The van der Waals surface area contributed by atoms with Gasteiger partial charge in [-0.25, -0.2) is 0 Å². The Morgan fingerprint density at radius 2 is 0.736 bits per heavy atom. The van der Waals surface area contributed by atoms with Gasteiger partial charge in [-0.2, -0.15) is 0 Å². The minimum absolute atomic E-state index is 0.0711. The lowest BCUT2D eigenvalue weighted by Crippen LogP contribution is -2.61. The van der Waals surface area contributed by atoms with Crippen LogP contribution in [0.15, 0.2) is 0 Å². The molecule has 0 bridgehead atoms. The molecule has 72 heavy (non-hydrogen) atoms. The molecular formula is C58H112O14. The molecule has 2 rings (SSSR count). The molecule has 0 amide bonds. The molecule has 2 fully saturated rings. The van der Waals surface area contributed by atoms with Crippen LogP contribution < -0.4 is 0 Å². The van der Waals surface area contributed by atoms with Gasteiger partial charge in [0, 0.05) is 13.0 Å². The summed E-state index contributed by atoms with van der Waals surface area (Å²) in [5, 5.41) is 72.4. The summed E-state index contributed by atoms with van der Waals surface area (Å²) in [5.74, 6) is -0.367. The Morgan fingerprint density at radius 3 is 1.12 bits per heavy atom. The van der Waals surface area contributed by atoms with Gasteiger partial charge in [0.25, 0.3) is 0 Å². The average molecular weight is 1030 g/mol. The second kappa shape index (κ2) is 46.1. The zero-order valence-corrected chi connectivity index (χ0v) is 46.0. The normalized spacial score (nSPS) is 25.0. The van der Waals surface area contributed by atoms with Crippen LogP contribution in [0, 0.1) is 0 Å². The monoisotopic (exact) mass is 1030 g/mol. The van der Waals surface area contributed by atoms with E-state index in [2.05, 4.69) is 13.8 Å². The molecule has 0 aromatic rings. The van der Waals surface area contributed by atoms with Gasteiger partial charge in [0.15, 0.2) is 12.6 Å². The molecule has 0 radical (unpaired) electrons. The van der Waals surface area contributed by atoms with E-state index >= 15 is 0 Å². The number of aliphatic hydroxyl groups is 7. The number of aliphatic hydroxyl groups excluding tert-OH is 7. The molecule has 14 heteroatoms. The van der Waals surface area contributed by atoms with Gasteiger partial charge in [0.2, 0.25) is 0 Å². The minimum atomic E-state index is -1.70. The molecule has 0 aromatic carbocycles. The molecule has 0 spiro atoms. The molecule has 2 heterocycles. The zero-order valence-electron chi connectivity index (χ0n) is 46.0. The zero-order chi connectivity index (χ0) is 52.3. The molecule has 14 nitrogen and oxygen atoms in total. The highest BCUT2D eigenvalue weighted by atomic mass is 16.7. The van der Waals surface area contributed by atoms with E-state index in [0.717, 1.165) is 44.9 Å². The highest BCUT2D eigenvalue weighted by Gasteiger charge is 2.47. The Morgan fingerprint density at radius 1 is 0.403 bits per heavy atom. The summed E-state index contributed by atoms with van der Waals surface area (Å²) in [6.45, 7) is 3.77. The summed E-state index contributed by atoms with van der Waals surface area (Å²) in [6, 6.07) is 0. The highest BCUT2D eigenvalue weighted by Crippen LogP contribution is 2.27. The van der Waals surface area contributed by atoms with E-state index in [1.165, 1.54) is 199 Å². The fourth-order valence-electron chi connectivity index (χ4n) is 9.99. The molecule has 2 aliphatic heterocycles. The van der Waals surface area contributed by atoms with E-state index < -0.39 is 80.7 Å². The van der Waals surface area contributed by atoms with Crippen molar-refractivity contribution in [1.29, 1.82) is 0 Å². The van der Waals surface area contributed by atoms with Crippen LogP contribution >= 0.6 is 0 Å². The van der Waals surface area contributed by atoms with Crippen LogP contribution in [0.1, 0.15) is 264 Å². The summed E-state index contributed by atoms with van der Waals surface area (Å²) < 4.78 is 34.4. The average Bonchev–Trinajstić information content (AvgIpc) is 3.38. The predicted octanol–water partition coefficient (Wildman–Crippen LogP) is 10.8. The van der Waals surface area contributed by atoms with Crippen LogP contribution in [0.4, 0.5) is 0 Å². The van der Waals surface area contributed by atoms with Crippen molar-refractivity contribution >= 4 is 5.97 Å². The summed E-state index contributed by atoms with van der Waals surface area (Å²) in [6.07, 6.45) is 33.1. The van der Waals surface area contributed by atoms with E-state index in [-0.39, 0.29) is 25.6 Å². The molecule has 7 N–H and O–H groups in total. The largest absolute Gasteiger partial charge is 0.457 e. The van der Waals surface area contributed by atoms with Gasteiger partial charge < -0.3 is 64.2 Å². The summed E-state index contributed by atoms with van der Waals surface area (Å²) in [7, 11) is 0. The van der Waals surface area contributed by atoms with Crippen molar-refractivity contribution in [2.24, 2.45) is 0 Å². The van der Waals surface area contributed by atoms with Crippen LogP contribution in [0.2, 0.25) is 0 Å². The first-order valence-electron chi connectivity index (χ1n) is 30.1. The lowest BCUT2D eigenvalue weighted by Gasteiger charge is -2.42. The first-order chi connectivity index (χ1) is 35.1. The molecular weight excluding hydrogens is 921 g/mol. The molecule has 0 aromatic heterocycles. The molecule has 11 unspecified atom stereocenters. The van der Waals surface area contributed by atoms with Crippen molar-refractivity contribution in [3.63, 3.8) is 0 Å². The van der Waals surface area contributed by atoms with Gasteiger partial charge in [-0.3, -0.25) is 4.79 Å². The quantitative estimate of drug-likeness (QED) is 0.0223. The van der Waals surface area contributed by atoms with Crippen molar-refractivity contribution in [1.82, 2.24) is 0 Å². The molecule has 428 valence electrons. The van der Waals surface area contributed by atoms with E-state index in [0.29, 0.717) is 6.61 Å². The first kappa shape index (κ1) is 67.1. The third-order valence-corrected chi connectivity index (χ3v) is 14.9. The van der Waals surface area contributed by atoms with E-state index in [4.69, 9.17) is 28.4 Å². The van der Waals surface area contributed by atoms with Gasteiger partial charge in [-0.05, 0) is 12.8 Å². The van der Waals surface area contributed by atoms with E-state index in [1.807, 2.05) is 0 Å². The topological polar surface area (TPSA) is 214 Å². The van der Waals surface area contributed by atoms with Crippen LogP contribution in [0.25, 0.3) is 0 Å². The first-order valence-corrected chi connectivity index (χ1v) is 30.1. The Balaban J connectivity index is 1.69. The van der Waals surface area contributed by atoms with Gasteiger partial charge >= 0.3 is 5.97 Å². The molecule has 2 saturated heterocycles. The number of esters is 1. The number of carbonyl (C=O) groups is 1. The van der Waals surface area contributed by atoms with Crippen LogP contribution in [-0.2, 0) is 33.2 Å². The van der Waals surface area contributed by atoms with Gasteiger partial charge in [0.1, 0.15) is 54.9 Å². The predicted molar refractivity (Wildman–Crippen MR) is 284 cm³/mol. The number of ether oxygens (including phenoxy) is 6. The van der Waals surface area contributed by atoms with Gasteiger partial charge in [0.05, 0.1) is 26.4 Å². The highest BCUT2D eigenvalue weighted by molar-refractivity contribution is 5.69. The van der Waals surface area contributed by atoms with Crippen molar-refractivity contribution < 1.29 is 69.0 Å². The minimum Gasteiger partial charge on any atom is -0.457 e. The maximum atomic E-state index is 13.1. The van der Waals surface area contributed by atoms with E-state index in [1.54, 1.807) is 0 Å². The third kappa shape index (κ3) is 32.5. The number of carbonyl (C=O) groups excluding carboxylic acids is 1. The second-order valence-electron chi connectivity index (χ2n) is 21.5. The standard InChI is InChI=1S/C58H112O14/c1-3-5-7-9-11-13-15-17-19-21-22-23-24-26-28-30-32-34-36-38-40-42-67-44-47(70-50(60)41-39-37-35-33-31-29-27-25-20-18-16-14-12-10-8-6-4-2)45-68-57-56(66)54(64)52(62)49(72-57)46-69-58-55(65)53(63)51(61)48(43-59)71-58/h47-49,51-59,61-66H,3-46H2,1-2H3. The van der Waals surface area contributed by atoms with Crippen LogP contribution in [-0.4, -0.2) is 142 Å². The number of unbranched alkanes of at least 4 members (excludes halogenated alkanes) is 36. The maximum absolute atomic E-state index is 13.1. The number of hydrogen-bond acceptors (Lipinski definition) is 14. The van der Waals surface area contributed by atoms with Crippen molar-refractivity contribution in [2.45, 2.75) is 332 Å². The molecule has 2 aliphatic rings. The third-order valence-electron chi connectivity index (χ3n) is 14.9. The van der Waals surface area contributed by atoms with Gasteiger partial charge in [-0.15, -0.1) is 0 Å². The molecule has 11 atom stereocenters. The van der Waals surface area contributed by atoms with Crippen molar-refractivity contribution in [3.05, 3.63) is 0 Å². The Kier molecular flexibility index (Phi) is 43.0. The fraction of sp³-hybridized carbons (Fsp3) is 0.983. The maximum Gasteiger partial charge on any atom is 0.306 e. The molecule has 0 aliphatic carbocycles. The lowest BCUT2D eigenvalue weighted by molar-refractivity contribution is -0.332. The Labute approximate surface area is 438 Å². The smallest absolute Gasteiger partial charge is 0.306 e. The Bertz CT molecular complexity index is 1200. The second-order valence-corrected chi connectivity index (χ2v) is 21.5. The Hall–Kier alpha value is -1.01. The summed E-state index contributed by atoms with van der Waals surface area (Å²) in [5.41, 5.74) is 0. The summed E-state index contributed by atoms with van der Waals surface area (Å²) >= 11 is 0. The van der Waals surface area contributed by atoms with E-state index in [9.17, 15) is 40.5 Å². The SMILES string of the molecule is CCCCCCCCCCCCCCCCCCCCCCCOCC(COC1OC(COC2OC(CO)C(O)C(O)C2O)C(O)C(O)C1O)OC(=O)CCCCCCCCCCCCCCCCCCC. The van der Waals surface area contributed by atoms with Crippen molar-refractivity contribution in [2.75, 3.05) is 33.0 Å². The summed E-state index contributed by atoms with van der Waals surface area (Å²) in [4.78, 5) is 13.1. The molecule has 0 saturated carbocycles. The van der Waals surface area contributed by atoms with Crippen LogP contribution in [0.5, 0.6) is 0 Å². The van der Waals surface area contributed by atoms with Crippen molar-refractivity contribution in [3.8, 4) is 0 Å². The lowest BCUT2D eigenvalue weighted by atomic mass is 9.98.